The second-order valence-electron chi connectivity index (χ2n) is 5.38. The summed E-state index contributed by atoms with van der Waals surface area (Å²) < 4.78 is 0. The fourth-order valence-electron chi connectivity index (χ4n) is 2.21. The molecule has 0 aromatic heterocycles. The van der Waals surface area contributed by atoms with Gasteiger partial charge in [-0.15, -0.1) is 0 Å². The van der Waals surface area contributed by atoms with Gasteiger partial charge in [-0.1, -0.05) is 19.9 Å². The minimum absolute atomic E-state index is 0.125. The third-order valence-electron chi connectivity index (χ3n) is 3.86. The number of anilines is 2. The van der Waals surface area contributed by atoms with Gasteiger partial charge in [-0.25, -0.2) is 4.90 Å². The standard InChI is InChI=1S/C14H18N2O2/c1-9(2)14(3)8-12(17)16(13(14)18)11-6-4-5-10(15)7-11/h4-7,9H,8,15H2,1-3H3. The van der Waals surface area contributed by atoms with Gasteiger partial charge in [0.25, 0.3) is 0 Å². The van der Waals surface area contributed by atoms with Crippen molar-refractivity contribution in [2.24, 2.45) is 11.3 Å². The Labute approximate surface area is 107 Å². The molecule has 1 saturated heterocycles. The number of rotatable bonds is 2. The molecular weight excluding hydrogens is 228 g/mol. The first-order valence-corrected chi connectivity index (χ1v) is 6.09. The van der Waals surface area contributed by atoms with Crippen molar-refractivity contribution in [3.05, 3.63) is 24.3 Å². The first-order chi connectivity index (χ1) is 8.36. The number of benzene rings is 1. The second kappa shape index (κ2) is 4.12. The minimum Gasteiger partial charge on any atom is -0.399 e. The summed E-state index contributed by atoms with van der Waals surface area (Å²) in [5.41, 5.74) is 6.20. The van der Waals surface area contributed by atoms with Crippen molar-refractivity contribution >= 4 is 23.2 Å². The lowest BCUT2D eigenvalue weighted by molar-refractivity contribution is -0.126. The molecule has 4 heteroatoms. The van der Waals surface area contributed by atoms with E-state index < -0.39 is 5.41 Å². The molecule has 0 spiro atoms. The molecule has 2 amide bonds. The van der Waals surface area contributed by atoms with E-state index in [4.69, 9.17) is 5.73 Å². The van der Waals surface area contributed by atoms with E-state index in [1.165, 1.54) is 4.90 Å². The fourth-order valence-corrected chi connectivity index (χ4v) is 2.21. The van der Waals surface area contributed by atoms with Crippen LogP contribution >= 0.6 is 0 Å². The summed E-state index contributed by atoms with van der Waals surface area (Å²) in [5.74, 6) is -0.157. The van der Waals surface area contributed by atoms with Gasteiger partial charge >= 0.3 is 0 Å². The molecule has 96 valence electrons. The summed E-state index contributed by atoms with van der Waals surface area (Å²) in [4.78, 5) is 25.8. The zero-order chi connectivity index (χ0) is 13.5. The minimum atomic E-state index is -0.609. The monoisotopic (exact) mass is 246 g/mol. The number of carbonyl (C=O) groups excluding carboxylic acids is 2. The molecule has 2 N–H and O–H groups in total. The number of amides is 2. The molecule has 1 aromatic carbocycles. The maximum atomic E-state index is 12.5. The maximum Gasteiger partial charge on any atom is 0.240 e. The van der Waals surface area contributed by atoms with E-state index in [1.807, 2.05) is 20.8 Å². The average Bonchev–Trinajstić information content (AvgIpc) is 2.51. The van der Waals surface area contributed by atoms with Crippen LogP contribution in [0.15, 0.2) is 24.3 Å². The molecule has 1 aromatic rings. The van der Waals surface area contributed by atoms with Gasteiger partial charge < -0.3 is 5.73 Å². The highest BCUT2D eigenvalue weighted by molar-refractivity contribution is 6.22. The number of carbonyl (C=O) groups is 2. The lowest BCUT2D eigenvalue weighted by Gasteiger charge is -2.26. The molecule has 1 aliphatic rings. The Morgan fingerprint density at radius 3 is 2.50 bits per heavy atom. The first kappa shape index (κ1) is 12.6. The van der Waals surface area contributed by atoms with Gasteiger partial charge in [0.15, 0.2) is 0 Å². The summed E-state index contributed by atoms with van der Waals surface area (Å²) >= 11 is 0. The predicted octanol–water partition coefficient (Wildman–Crippen LogP) is 2.19. The van der Waals surface area contributed by atoms with Gasteiger partial charge in [-0.3, -0.25) is 9.59 Å². The predicted molar refractivity (Wildman–Crippen MR) is 70.9 cm³/mol. The van der Waals surface area contributed by atoms with Crippen LogP contribution in [0.4, 0.5) is 11.4 Å². The molecule has 0 aliphatic carbocycles. The van der Waals surface area contributed by atoms with Gasteiger partial charge in [0.1, 0.15) is 0 Å². The maximum absolute atomic E-state index is 12.5. The van der Waals surface area contributed by atoms with Crippen molar-refractivity contribution in [1.82, 2.24) is 0 Å². The highest BCUT2D eigenvalue weighted by Gasteiger charge is 2.50. The van der Waals surface area contributed by atoms with Crippen LogP contribution in [0, 0.1) is 11.3 Å². The molecule has 0 radical (unpaired) electrons. The van der Waals surface area contributed by atoms with Crippen LogP contribution in [0.5, 0.6) is 0 Å². The number of hydrogen-bond donors (Lipinski definition) is 1. The molecule has 1 atom stereocenters. The Bertz CT molecular complexity index is 510. The van der Waals surface area contributed by atoms with Crippen LogP contribution in [0.25, 0.3) is 0 Å². The normalized spacial score (nSPS) is 24.1. The number of imide groups is 1. The number of hydrogen-bond acceptors (Lipinski definition) is 3. The molecule has 1 aliphatic heterocycles. The third kappa shape index (κ3) is 1.78. The van der Waals surface area contributed by atoms with Crippen molar-refractivity contribution in [3.63, 3.8) is 0 Å². The van der Waals surface area contributed by atoms with E-state index in [0.29, 0.717) is 11.4 Å². The highest BCUT2D eigenvalue weighted by Crippen LogP contribution is 2.41. The van der Waals surface area contributed by atoms with Crippen LogP contribution in [0.1, 0.15) is 27.2 Å². The van der Waals surface area contributed by atoms with Gasteiger partial charge in [-0.2, -0.15) is 0 Å². The summed E-state index contributed by atoms with van der Waals surface area (Å²) in [6.45, 7) is 5.78. The zero-order valence-electron chi connectivity index (χ0n) is 10.9. The Balaban J connectivity index is 2.42. The molecule has 1 fully saturated rings. The lowest BCUT2D eigenvalue weighted by atomic mass is 9.78. The topological polar surface area (TPSA) is 63.4 Å². The highest BCUT2D eigenvalue weighted by atomic mass is 16.2. The van der Waals surface area contributed by atoms with Gasteiger partial charge in [0.2, 0.25) is 11.8 Å². The van der Waals surface area contributed by atoms with Crippen molar-refractivity contribution in [3.8, 4) is 0 Å². The molecule has 0 bridgehead atoms. The molecule has 4 nitrogen and oxygen atoms in total. The van der Waals surface area contributed by atoms with Crippen LogP contribution in [0.3, 0.4) is 0 Å². The van der Waals surface area contributed by atoms with E-state index in [9.17, 15) is 9.59 Å². The SMILES string of the molecule is CC(C)C1(C)CC(=O)N(c2cccc(N)c2)C1=O. The van der Waals surface area contributed by atoms with E-state index >= 15 is 0 Å². The van der Waals surface area contributed by atoms with Crippen LogP contribution < -0.4 is 10.6 Å². The number of nitrogens with zero attached hydrogens (tertiary/aromatic N) is 1. The van der Waals surface area contributed by atoms with Crippen molar-refractivity contribution in [2.45, 2.75) is 27.2 Å². The molecular formula is C14H18N2O2. The fraction of sp³-hybridized carbons (Fsp3) is 0.429. The quantitative estimate of drug-likeness (QED) is 0.642. The van der Waals surface area contributed by atoms with Crippen LogP contribution in [-0.4, -0.2) is 11.8 Å². The largest absolute Gasteiger partial charge is 0.399 e. The van der Waals surface area contributed by atoms with Gasteiger partial charge in [0.05, 0.1) is 11.1 Å². The Hall–Kier alpha value is -1.84. The third-order valence-corrected chi connectivity index (χ3v) is 3.86. The van der Waals surface area contributed by atoms with Crippen molar-refractivity contribution in [2.75, 3.05) is 10.6 Å². The van der Waals surface area contributed by atoms with Crippen LogP contribution in [0.2, 0.25) is 0 Å². The first-order valence-electron chi connectivity index (χ1n) is 6.09. The van der Waals surface area contributed by atoms with Crippen molar-refractivity contribution in [1.29, 1.82) is 0 Å². The van der Waals surface area contributed by atoms with E-state index in [1.54, 1.807) is 24.3 Å². The van der Waals surface area contributed by atoms with E-state index in [-0.39, 0.29) is 24.2 Å². The smallest absolute Gasteiger partial charge is 0.240 e. The zero-order valence-corrected chi connectivity index (χ0v) is 10.9. The number of nitrogens with two attached hydrogens (primary N) is 1. The van der Waals surface area contributed by atoms with Gasteiger partial charge in [-0.05, 0) is 31.0 Å². The molecule has 0 saturated carbocycles. The van der Waals surface area contributed by atoms with Crippen molar-refractivity contribution < 1.29 is 9.59 Å². The molecule has 2 rings (SSSR count). The summed E-state index contributed by atoms with van der Waals surface area (Å²) in [7, 11) is 0. The van der Waals surface area contributed by atoms with Gasteiger partial charge in [0, 0.05) is 12.1 Å². The van der Waals surface area contributed by atoms with Crippen LogP contribution in [-0.2, 0) is 9.59 Å². The van der Waals surface area contributed by atoms with E-state index in [2.05, 4.69) is 0 Å². The second-order valence-corrected chi connectivity index (χ2v) is 5.38. The Morgan fingerprint density at radius 2 is 2.00 bits per heavy atom. The molecule has 1 heterocycles. The Kier molecular flexibility index (Phi) is 2.89. The summed E-state index contributed by atoms with van der Waals surface area (Å²) in [6, 6.07) is 6.87. The summed E-state index contributed by atoms with van der Waals surface area (Å²) in [5, 5.41) is 0. The average molecular weight is 246 g/mol. The number of nitrogen functional groups attached to an aromatic ring is 1. The summed E-state index contributed by atoms with van der Waals surface area (Å²) in [6.07, 6.45) is 0.262. The molecule has 1 unspecified atom stereocenters. The molecule has 18 heavy (non-hydrogen) atoms. The lowest BCUT2D eigenvalue weighted by Crippen LogP contribution is -2.36. The van der Waals surface area contributed by atoms with E-state index in [0.717, 1.165) is 0 Å². The Morgan fingerprint density at radius 1 is 1.33 bits per heavy atom.